The molecule has 2 aromatic rings. The van der Waals surface area contributed by atoms with Crippen LogP contribution in [-0.2, 0) is 6.42 Å². The number of nitrogens with one attached hydrogen (secondary N) is 1. The second-order valence-corrected chi connectivity index (χ2v) is 4.05. The van der Waals surface area contributed by atoms with Gasteiger partial charge >= 0.3 is 0 Å². The second kappa shape index (κ2) is 3.90. The topological polar surface area (TPSA) is 12.0 Å². The van der Waals surface area contributed by atoms with Gasteiger partial charge in [0.15, 0.2) is 0 Å². The standard InChI is InChI=1S/C11H13NS/c1-12-7-5-9-3-2-4-11-10(9)6-8-13-11/h2-4,6,8,12H,5,7H2,1H3. The summed E-state index contributed by atoms with van der Waals surface area (Å²) in [4.78, 5) is 0. The molecule has 1 N–H and O–H groups in total. The lowest BCUT2D eigenvalue weighted by Gasteiger charge is -2.01. The molecule has 0 aliphatic rings. The number of hydrogen-bond acceptors (Lipinski definition) is 2. The maximum absolute atomic E-state index is 3.18. The van der Waals surface area contributed by atoms with Crippen LogP contribution in [0.2, 0.25) is 0 Å². The molecule has 1 heterocycles. The Labute approximate surface area is 82.4 Å². The Kier molecular flexibility index (Phi) is 2.62. The van der Waals surface area contributed by atoms with Crippen molar-refractivity contribution in [1.82, 2.24) is 5.32 Å². The minimum Gasteiger partial charge on any atom is -0.319 e. The lowest BCUT2D eigenvalue weighted by atomic mass is 10.1. The first-order valence-electron chi connectivity index (χ1n) is 4.51. The van der Waals surface area contributed by atoms with Gasteiger partial charge in [-0.3, -0.25) is 0 Å². The van der Waals surface area contributed by atoms with Gasteiger partial charge in [0.1, 0.15) is 0 Å². The Bertz CT molecular complexity index is 392. The van der Waals surface area contributed by atoms with Crippen molar-refractivity contribution in [3.8, 4) is 0 Å². The smallest absolute Gasteiger partial charge is 0.0345 e. The molecule has 0 aliphatic carbocycles. The fourth-order valence-corrected chi connectivity index (χ4v) is 2.37. The van der Waals surface area contributed by atoms with Crippen LogP contribution >= 0.6 is 11.3 Å². The molecule has 0 amide bonds. The molecule has 0 spiro atoms. The van der Waals surface area contributed by atoms with E-state index in [-0.39, 0.29) is 0 Å². The van der Waals surface area contributed by atoms with Crippen LogP contribution in [0.5, 0.6) is 0 Å². The first kappa shape index (κ1) is 8.73. The predicted octanol–water partition coefficient (Wildman–Crippen LogP) is 2.66. The number of thiophene rings is 1. The van der Waals surface area contributed by atoms with Gasteiger partial charge in [0.25, 0.3) is 0 Å². The van der Waals surface area contributed by atoms with Crippen LogP contribution in [0.1, 0.15) is 5.56 Å². The lowest BCUT2D eigenvalue weighted by Crippen LogP contribution is -2.10. The fraction of sp³-hybridized carbons (Fsp3) is 0.273. The Morgan fingerprint density at radius 1 is 1.31 bits per heavy atom. The van der Waals surface area contributed by atoms with E-state index in [0.29, 0.717) is 0 Å². The number of fused-ring (bicyclic) bond motifs is 1. The zero-order chi connectivity index (χ0) is 9.10. The van der Waals surface area contributed by atoms with Gasteiger partial charge in [-0.2, -0.15) is 0 Å². The van der Waals surface area contributed by atoms with Crippen molar-refractivity contribution in [1.29, 1.82) is 0 Å². The van der Waals surface area contributed by atoms with Crippen LogP contribution in [-0.4, -0.2) is 13.6 Å². The van der Waals surface area contributed by atoms with E-state index in [2.05, 4.69) is 35.0 Å². The zero-order valence-corrected chi connectivity index (χ0v) is 8.53. The van der Waals surface area contributed by atoms with E-state index in [0.717, 1.165) is 13.0 Å². The van der Waals surface area contributed by atoms with Crippen molar-refractivity contribution < 1.29 is 0 Å². The normalized spacial score (nSPS) is 10.8. The highest BCUT2D eigenvalue weighted by atomic mass is 32.1. The first-order valence-corrected chi connectivity index (χ1v) is 5.39. The first-order chi connectivity index (χ1) is 6.42. The Morgan fingerprint density at radius 3 is 3.08 bits per heavy atom. The minimum atomic E-state index is 1.05. The maximum atomic E-state index is 3.18. The van der Waals surface area contributed by atoms with E-state index in [1.54, 1.807) is 0 Å². The minimum absolute atomic E-state index is 1.05. The van der Waals surface area contributed by atoms with Gasteiger partial charge in [-0.05, 0) is 48.5 Å². The molecule has 2 rings (SSSR count). The van der Waals surface area contributed by atoms with Gasteiger partial charge in [-0.25, -0.2) is 0 Å². The summed E-state index contributed by atoms with van der Waals surface area (Å²) < 4.78 is 1.40. The van der Waals surface area contributed by atoms with E-state index in [1.165, 1.54) is 15.6 Å². The highest BCUT2D eigenvalue weighted by molar-refractivity contribution is 7.17. The Morgan fingerprint density at radius 2 is 2.23 bits per heavy atom. The summed E-state index contributed by atoms with van der Waals surface area (Å²) in [5, 5.41) is 6.76. The van der Waals surface area contributed by atoms with E-state index < -0.39 is 0 Å². The average molecular weight is 191 g/mol. The predicted molar refractivity (Wildman–Crippen MR) is 59.5 cm³/mol. The van der Waals surface area contributed by atoms with E-state index >= 15 is 0 Å². The summed E-state index contributed by atoms with van der Waals surface area (Å²) in [5.74, 6) is 0. The molecule has 0 fully saturated rings. The van der Waals surface area contributed by atoms with Crippen molar-refractivity contribution in [2.75, 3.05) is 13.6 Å². The number of likely N-dealkylation sites (N-methyl/N-ethyl adjacent to an activating group) is 1. The van der Waals surface area contributed by atoms with Crippen LogP contribution < -0.4 is 5.32 Å². The molecular formula is C11H13NS. The third kappa shape index (κ3) is 1.74. The lowest BCUT2D eigenvalue weighted by molar-refractivity contribution is 0.795. The largest absolute Gasteiger partial charge is 0.319 e. The van der Waals surface area contributed by atoms with Crippen LogP contribution in [0.3, 0.4) is 0 Å². The summed E-state index contributed by atoms with van der Waals surface area (Å²) in [6.45, 7) is 1.05. The summed E-state index contributed by atoms with van der Waals surface area (Å²) in [6.07, 6.45) is 1.12. The Hall–Kier alpha value is -0.860. The van der Waals surface area contributed by atoms with Crippen molar-refractivity contribution in [2.45, 2.75) is 6.42 Å². The monoisotopic (exact) mass is 191 g/mol. The molecule has 0 saturated carbocycles. The third-order valence-electron chi connectivity index (χ3n) is 2.23. The molecular weight excluding hydrogens is 178 g/mol. The quantitative estimate of drug-likeness (QED) is 0.786. The molecule has 0 saturated heterocycles. The van der Waals surface area contributed by atoms with Crippen molar-refractivity contribution in [3.63, 3.8) is 0 Å². The molecule has 0 aliphatic heterocycles. The summed E-state index contributed by atoms with van der Waals surface area (Å²) in [6, 6.07) is 8.75. The maximum Gasteiger partial charge on any atom is 0.0345 e. The van der Waals surface area contributed by atoms with Gasteiger partial charge in [-0.1, -0.05) is 12.1 Å². The van der Waals surface area contributed by atoms with Gasteiger partial charge in [0, 0.05) is 4.70 Å². The van der Waals surface area contributed by atoms with E-state index in [4.69, 9.17) is 0 Å². The SMILES string of the molecule is CNCCc1cccc2sccc12. The van der Waals surface area contributed by atoms with Crippen LogP contribution in [0, 0.1) is 0 Å². The Balaban J connectivity index is 2.37. The summed E-state index contributed by atoms with van der Waals surface area (Å²) in [7, 11) is 1.99. The molecule has 0 atom stereocenters. The average Bonchev–Trinajstić information content (AvgIpc) is 2.62. The van der Waals surface area contributed by atoms with Crippen LogP contribution in [0.25, 0.3) is 10.1 Å². The van der Waals surface area contributed by atoms with Gasteiger partial charge < -0.3 is 5.32 Å². The van der Waals surface area contributed by atoms with Gasteiger partial charge in [0.2, 0.25) is 0 Å². The van der Waals surface area contributed by atoms with Crippen LogP contribution in [0.15, 0.2) is 29.6 Å². The van der Waals surface area contributed by atoms with Gasteiger partial charge in [-0.15, -0.1) is 11.3 Å². The molecule has 0 bridgehead atoms. The number of hydrogen-bond donors (Lipinski definition) is 1. The van der Waals surface area contributed by atoms with Crippen molar-refractivity contribution in [2.24, 2.45) is 0 Å². The molecule has 1 aromatic heterocycles. The number of rotatable bonds is 3. The van der Waals surface area contributed by atoms with Crippen molar-refractivity contribution in [3.05, 3.63) is 35.2 Å². The molecule has 0 unspecified atom stereocenters. The molecule has 0 radical (unpaired) electrons. The van der Waals surface area contributed by atoms with Gasteiger partial charge in [0.05, 0.1) is 0 Å². The summed E-state index contributed by atoms with van der Waals surface area (Å²) in [5.41, 5.74) is 1.45. The third-order valence-corrected chi connectivity index (χ3v) is 3.11. The highest BCUT2D eigenvalue weighted by Gasteiger charge is 2.00. The number of benzene rings is 1. The fourth-order valence-electron chi connectivity index (χ4n) is 1.53. The highest BCUT2D eigenvalue weighted by Crippen LogP contribution is 2.24. The second-order valence-electron chi connectivity index (χ2n) is 3.10. The molecule has 2 heteroatoms. The molecule has 13 heavy (non-hydrogen) atoms. The summed E-state index contributed by atoms with van der Waals surface area (Å²) >= 11 is 1.81. The molecule has 1 aromatic carbocycles. The van der Waals surface area contributed by atoms with E-state index in [1.807, 2.05) is 18.4 Å². The molecule has 68 valence electrons. The van der Waals surface area contributed by atoms with Crippen LogP contribution in [0.4, 0.5) is 0 Å². The van der Waals surface area contributed by atoms with E-state index in [9.17, 15) is 0 Å². The van der Waals surface area contributed by atoms with Crippen molar-refractivity contribution >= 4 is 21.4 Å². The molecule has 1 nitrogen and oxygen atoms in total. The zero-order valence-electron chi connectivity index (χ0n) is 7.71.